The molecule has 1 unspecified atom stereocenters. The third-order valence-electron chi connectivity index (χ3n) is 4.89. The molecule has 1 saturated carbocycles. The highest BCUT2D eigenvalue weighted by Gasteiger charge is 2.24. The summed E-state index contributed by atoms with van der Waals surface area (Å²) < 4.78 is 5.50. The Hall–Kier alpha value is -1.02. The predicted molar refractivity (Wildman–Crippen MR) is 89.7 cm³/mol. The van der Waals surface area contributed by atoms with Crippen molar-refractivity contribution in [2.45, 2.75) is 65.5 Å². The molecule has 0 saturated heterocycles. The maximum atomic E-state index is 5.50. The fourth-order valence-electron chi connectivity index (χ4n) is 3.42. The van der Waals surface area contributed by atoms with Gasteiger partial charge in [0.2, 0.25) is 0 Å². The van der Waals surface area contributed by atoms with Crippen molar-refractivity contribution in [3.05, 3.63) is 29.8 Å². The zero-order chi connectivity index (χ0) is 15.2. The van der Waals surface area contributed by atoms with Gasteiger partial charge in [-0.05, 0) is 69.1 Å². The Morgan fingerprint density at radius 2 is 1.67 bits per heavy atom. The lowest BCUT2D eigenvalue weighted by Crippen LogP contribution is -2.35. The summed E-state index contributed by atoms with van der Waals surface area (Å²) in [6.45, 7) is 9.74. The van der Waals surface area contributed by atoms with Crippen LogP contribution in [0.2, 0.25) is 0 Å². The molecule has 2 heteroatoms. The Labute approximate surface area is 130 Å². The van der Waals surface area contributed by atoms with Crippen LogP contribution in [-0.2, 0) is 0 Å². The number of benzene rings is 1. The van der Waals surface area contributed by atoms with Crippen LogP contribution in [0.15, 0.2) is 24.3 Å². The number of hydrogen-bond donors (Lipinski definition) is 1. The van der Waals surface area contributed by atoms with E-state index in [9.17, 15) is 0 Å². The van der Waals surface area contributed by atoms with Crippen molar-refractivity contribution in [3.63, 3.8) is 0 Å². The van der Waals surface area contributed by atoms with Crippen LogP contribution >= 0.6 is 0 Å². The average molecular weight is 289 g/mol. The summed E-state index contributed by atoms with van der Waals surface area (Å²) in [6.07, 6.45) is 5.41. The summed E-state index contributed by atoms with van der Waals surface area (Å²) in [5.74, 6) is 2.74. The van der Waals surface area contributed by atoms with E-state index in [1.54, 1.807) is 0 Å². The van der Waals surface area contributed by atoms with Gasteiger partial charge < -0.3 is 10.1 Å². The molecule has 1 aromatic rings. The maximum Gasteiger partial charge on any atom is 0.119 e. The van der Waals surface area contributed by atoms with Crippen LogP contribution in [0.3, 0.4) is 0 Å². The van der Waals surface area contributed by atoms with Crippen LogP contribution in [0.5, 0.6) is 5.75 Å². The Morgan fingerprint density at radius 1 is 1.05 bits per heavy atom. The Balaban J connectivity index is 1.83. The fraction of sp³-hybridized carbons (Fsp3) is 0.684. The Morgan fingerprint density at radius 3 is 2.19 bits per heavy atom. The SMILES string of the molecule is CCOc1ccc(C(C)NC2CCC(C(C)C)CC2)cc1. The smallest absolute Gasteiger partial charge is 0.119 e. The van der Waals surface area contributed by atoms with Gasteiger partial charge in [0, 0.05) is 12.1 Å². The molecule has 21 heavy (non-hydrogen) atoms. The molecular weight excluding hydrogens is 258 g/mol. The molecule has 0 aliphatic heterocycles. The van der Waals surface area contributed by atoms with Crippen molar-refractivity contribution in [1.29, 1.82) is 0 Å². The minimum atomic E-state index is 0.418. The fourth-order valence-corrected chi connectivity index (χ4v) is 3.42. The van der Waals surface area contributed by atoms with Crippen molar-refractivity contribution in [1.82, 2.24) is 5.32 Å². The topological polar surface area (TPSA) is 21.3 Å². The molecule has 1 aromatic carbocycles. The van der Waals surface area contributed by atoms with Gasteiger partial charge in [0.05, 0.1) is 6.61 Å². The van der Waals surface area contributed by atoms with Crippen LogP contribution in [-0.4, -0.2) is 12.6 Å². The average Bonchev–Trinajstić information content (AvgIpc) is 2.49. The second kappa shape index (κ2) is 7.84. The summed E-state index contributed by atoms with van der Waals surface area (Å²) in [7, 11) is 0. The highest BCUT2D eigenvalue weighted by atomic mass is 16.5. The maximum absolute atomic E-state index is 5.50. The van der Waals surface area contributed by atoms with Gasteiger partial charge in [-0.1, -0.05) is 26.0 Å². The van der Waals surface area contributed by atoms with Crippen molar-refractivity contribution >= 4 is 0 Å². The van der Waals surface area contributed by atoms with Crippen LogP contribution < -0.4 is 10.1 Å². The zero-order valence-electron chi connectivity index (χ0n) is 14.1. The van der Waals surface area contributed by atoms with Gasteiger partial charge in [-0.25, -0.2) is 0 Å². The quantitative estimate of drug-likeness (QED) is 0.800. The van der Waals surface area contributed by atoms with Gasteiger partial charge in [0.25, 0.3) is 0 Å². The summed E-state index contributed by atoms with van der Waals surface area (Å²) in [5, 5.41) is 3.81. The molecule has 118 valence electrons. The van der Waals surface area contributed by atoms with Gasteiger partial charge in [-0.15, -0.1) is 0 Å². The first-order valence-corrected chi connectivity index (χ1v) is 8.59. The molecule has 1 aliphatic carbocycles. The number of nitrogens with one attached hydrogen (secondary N) is 1. The number of hydrogen-bond acceptors (Lipinski definition) is 2. The molecule has 0 bridgehead atoms. The van der Waals surface area contributed by atoms with Crippen LogP contribution in [0.4, 0.5) is 0 Å². The first-order valence-electron chi connectivity index (χ1n) is 8.59. The zero-order valence-corrected chi connectivity index (χ0v) is 14.1. The standard InChI is InChI=1S/C19H31NO/c1-5-21-19-12-8-17(9-13-19)15(4)20-18-10-6-16(7-11-18)14(2)3/h8-9,12-16,18,20H,5-7,10-11H2,1-4H3. The predicted octanol–water partition coefficient (Wildman–Crippen LogP) is 4.95. The highest BCUT2D eigenvalue weighted by molar-refractivity contribution is 5.29. The van der Waals surface area contributed by atoms with Crippen molar-refractivity contribution in [3.8, 4) is 5.75 Å². The number of rotatable bonds is 6. The molecule has 0 spiro atoms. The molecule has 2 rings (SSSR count). The van der Waals surface area contributed by atoms with Crippen molar-refractivity contribution in [2.75, 3.05) is 6.61 Å². The van der Waals surface area contributed by atoms with Gasteiger partial charge in [-0.3, -0.25) is 0 Å². The van der Waals surface area contributed by atoms with Crippen LogP contribution in [0.1, 0.15) is 65.0 Å². The molecule has 1 aliphatic rings. The first kappa shape index (κ1) is 16.4. The van der Waals surface area contributed by atoms with E-state index in [0.29, 0.717) is 12.1 Å². The molecule has 1 atom stereocenters. The second-order valence-electron chi connectivity index (χ2n) is 6.75. The van der Waals surface area contributed by atoms with Crippen LogP contribution in [0, 0.1) is 11.8 Å². The highest BCUT2D eigenvalue weighted by Crippen LogP contribution is 2.31. The van der Waals surface area contributed by atoms with E-state index in [0.717, 1.165) is 24.2 Å². The van der Waals surface area contributed by atoms with Crippen molar-refractivity contribution < 1.29 is 4.74 Å². The van der Waals surface area contributed by atoms with E-state index in [1.807, 2.05) is 6.92 Å². The monoisotopic (exact) mass is 289 g/mol. The van der Waals surface area contributed by atoms with Gasteiger partial charge >= 0.3 is 0 Å². The summed E-state index contributed by atoms with van der Waals surface area (Å²) in [5.41, 5.74) is 1.35. The number of ether oxygens (including phenoxy) is 1. The van der Waals surface area contributed by atoms with E-state index in [4.69, 9.17) is 4.74 Å². The first-order chi connectivity index (χ1) is 10.1. The molecule has 0 heterocycles. The molecule has 0 aromatic heterocycles. The van der Waals surface area contributed by atoms with E-state index >= 15 is 0 Å². The van der Waals surface area contributed by atoms with Crippen LogP contribution in [0.25, 0.3) is 0 Å². The lowest BCUT2D eigenvalue weighted by Gasteiger charge is -2.33. The second-order valence-corrected chi connectivity index (χ2v) is 6.75. The minimum Gasteiger partial charge on any atom is -0.494 e. The van der Waals surface area contributed by atoms with E-state index < -0.39 is 0 Å². The molecule has 0 amide bonds. The van der Waals surface area contributed by atoms with Gasteiger partial charge in [0.1, 0.15) is 5.75 Å². The van der Waals surface area contributed by atoms with E-state index in [1.165, 1.54) is 31.2 Å². The summed E-state index contributed by atoms with van der Waals surface area (Å²) in [6, 6.07) is 9.62. The summed E-state index contributed by atoms with van der Waals surface area (Å²) in [4.78, 5) is 0. The lowest BCUT2D eigenvalue weighted by molar-refractivity contribution is 0.231. The normalized spacial score (nSPS) is 24.0. The van der Waals surface area contributed by atoms with E-state index in [-0.39, 0.29) is 0 Å². The summed E-state index contributed by atoms with van der Waals surface area (Å²) >= 11 is 0. The van der Waals surface area contributed by atoms with Gasteiger partial charge in [0.15, 0.2) is 0 Å². The van der Waals surface area contributed by atoms with Gasteiger partial charge in [-0.2, -0.15) is 0 Å². The Kier molecular flexibility index (Phi) is 6.10. The molecule has 1 fully saturated rings. The lowest BCUT2D eigenvalue weighted by atomic mass is 9.79. The molecule has 2 nitrogen and oxygen atoms in total. The third-order valence-corrected chi connectivity index (χ3v) is 4.89. The Bertz CT molecular complexity index is 404. The largest absolute Gasteiger partial charge is 0.494 e. The van der Waals surface area contributed by atoms with E-state index in [2.05, 4.69) is 50.4 Å². The van der Waals surface area contributed by atoms with Crippen molar-refractivity contribution in [2.24, 2.45) is 11.8 Å². The molecule has 0 radical (unpaired) electrons. The molecular formula is C19H31NO. The minimum absolute atomic E-state index is 0.418. The third kappa shape index (κ3) is 4.74. The molecule has 1 N–H and O–H groups in total.